The molecule has 6 heteroatoms. The smallest absolute Gasteiger partial charge is 0.416 e. The van der Waals surface area contributed by atoms with E-state index < -0.39 is 0 Å². The molecule has 2 aromatic rings. The third-order valence-electron chi connectivity index (χ3n) is 3.42. The maximum Gasteiger partial charge on any atom is 0.416 e. The predicted octanol–water partition coefficient (Wildman–Crippen LogP) is 4.70. The first-order valence-electron chi connectivity index (χ1n) is 6.86. The average molecular weight is 367 g/mol. The van der Waals surface area contributed by atoms with Gasteiger partial charge in [-0.15, -0.1) is 11.3 Å². The molecule has 1 unspecified atom stereocenters. The number of amides is 1. The van der Waals surface area contributed by atoms with Gasteiger partial charge in [-0.2, -0.15) is 0 Å². The lowest BCUT2D eigenvalue weighted by atomic mass is 10.2. The molecule has 1 aromatic heterocycles. The van der Waals surface area contributed by atoms with E-state index in [0.29, 0.717) is 11.7 Å². The van der Waals surface area contributed by atoms with Crippen molar-refractivity contribution in [1.29, 1.82) is 0 Å². The number of aromatic nitrogens is 1. The van der Waals surface area contributed by atoms with Crippen LogP contribution in [0.25, 0.3) is 11.3 Å². The van der Waals surface area contributed by atoms with E-state index in [9.17, 15) is 4.79 Å². The van der Waals surface area contributed by atoms with Gasteiger partial charge >= 0.3 is 6.09 Å². The van der Waals surface area contributed by atoms with Crippen LogP contribution in [0.1, 0.15) is 19.8 Å². The highest BCUT2D eigenvalue weighted by atomic mass is 79.9. The minimum absolute atomic E-state index is 0.103. The zero-order chi connectivity index (χ0) is 14.8. The van der Waals surface area contributed by atoms with E-state index in [2.05, 4.69) is 27.8 Å². The second-order valence-electron chi connectivity index (χ2n) is 4.91. The number of ether oxygens (including phenoxy) is 1. The van der Waals surface area contributed by atoms with Crippen molar-refractivity contribution in [2.75, 3.05) is 11.5 Å². The van der Waals surface area contributed by atoms with Crippen molar-refractivity contribution in [1.82, 2.24) is 4.98 Å². The molecule has 3 rings (SSSR count). The molecular weight excluding hydrogens is 352 g/mol. The Balaban J connectivity index is 1.87. The number of cyclic esters (lactones) is 1. The topological polar surface area (TPSA) is 42.4 Å². The molecule has 1 fully saturated rings. The van der Waals surface area contributed by atoms with Crippen LogP contribution in [0.3, 0.4) is 0 Å². The summed E-state index contributed by atoms with van der Waals surface area (Å²) in [6.45, 7) is 2.57. The van der Waals surface area contributed by atoms with Gasteiger partial charge in [-0.3, -0.25) is 0 Å². The van der Waals surface area contributed by atoms with Crippen molar-refractivity contribution >= 4 is 38.5 Å². The average Bonchev–Trinajstić information content (AvgIpc) is 3.07. The van der Waals surface area contributed by atoms with E-state index in [4.69, 9.17) is 4.74 Å². The number of benzene rings is 1. The normalized spacial score (nSPS) is 18.1. The van der Waals surface area contributed by atoms with Crippen molar-refractivity contribution in [2.24, 2.45) is 0 Å². The molecule has 1 aromatic carbocycles. The summed E-state index contributed by atoms with van der Waals surface area (Å²) in [5.41, 5.74) is 1.93. The summed E-state index contributed by atoms with van der Waals surface area (Å²) in [6, 6.07) is 8.09. The molecule has 0 bridgehead atoms. The summed E-state index contributed by atoms with van der Waals surface area (Å²) in [7, 11) is 0. The molecule has 1 amide bonds. The summed E-state index contributed by atoms with van der Waals surface area (Å²) in [4.78, 5) is 18.2. The first-order chi connectivity index (χ1) is 10.2. The molecule has 1 aliphatic heterocycles. The first kappa shape index (κ1) is 14.5. The first-order valence-corrected chi connectivity index (χ1v) is 8.53. The van der Waals surface area contributed by atoms with E-state index in [-0.39, 0.29) is 12.1 Å². The zero-order valence-electron chi connectivity index (χ0n) is 11.6. The Bertz CT molecular complexity index is 641. The van der Waals surface area contributed by atoms with Gasteiger partial charge in [0.05, 0.1) is 11.7 Å². The third-order valence-corrected chi connectivity index (χ3v) is 4.79. The molecule has 110 valence electrons. The van der Waals surface area contributed by atoms with Crippen LogP contribution in [-0.4, -0.2) is 23.7 Å². The Morgan fingerprint density at radius 1 is 1.43 bits per heavy atom. The number of thiazole rings is 1. The quantitative estimate of drug-likeness (QED) is 0.787. The second-order valence-corrected chi connectivity index (χ2v) is 6.66. The highest BCUT2D eigenvalue weighted by molar-refractivity contribution is 9.10. The van der Waals surface area contributed by atoms with Gasteiger partial charge in [0, 0.05) is 15.4 Å². The maximum absolute atomic E-state index is 11.9. The van der Waals surface area contributed by atoms with Crippen LogP contribution < -0.4 is 4.90 Å². The number of hydrogen-bond donors (Lipinski definition) is 0. The third kappa shape index (κ3) is 2.96. The van der Waals surface area contributed by atoms with Gasteiger partial charge in [-0.1, -0.05) is 41.4 Å². The van der Waals surface area contributed by atoms with Crippen molar-refractivity contribution in [3.8, 4) is 11.3 Å². The summed E-state index contributed by atoms with van der Waals surface area (Å²) in [5, 5.41) is 2.70. The van der Waals surface area contributed by atoms with Gasteiger partial charge in [0.2, 0.25) is 0 Å². The van der Waals surface area contributed by atoms with Gasteiger partial charge < -0.3 is 4.74 Å². The molecule has 21 heavy (non-hydrogen) atoms. The summed E-state index contributed by atoms with van der Waals surface area (Å²) in [6.07, 6.45) is 1.66. The molecule has 0 radical (unpaired) electrons. The fourth-order valence-corrected chi connectivity index (χ4v) is 3.53. The summed E-state index contributed by atoms with van der Waals surface area (Å²) in [5.74, 6) is 0. The number of nitrogens with zero attached hydrogens (tertiary/aromatic N) is 2. The molecule has 1 aliphatic rings. The lowest BCUT2D eigenvalue weighted by Crippen LogP contribution is -2.33. The van der Waals surface area contributed by atoms with Gasteiger partial charge in [0.25, 0.3) is 0 Å². The van der Waals surface area contributed by atoms with Crippen LogP contribution in [0.15, 0.2) is 34.1 Å². The fraction of sp³-hybridized carbons (Fsp3) is 0.333. The largest absolute Gasteiger partial charge is 0.447 e. The predicted molar refractivity (Wildman–Crippen MR) is 87.8 cm³/mol. The highest BCUT2D eigenvalue weighted by Crippen LogP contribution is 2.32. The Labute approximate surface area is 135 Å². The van der Waals surface area contributed by atoms with E-state index >= 15 is 0 Å². The standard InChI is InChI=1S/C15H15BrN2O2S/c1-2-3-12-8-20-15(19)18(12)14-17-13(9-21-14)10-4-6-11(16)7-5-10/h4-7,9,12H,2-3,8H2,1H3. The van der Waals surface area contributed by atoms with E-state index in [0.717, 1.165) is 28.6 Å². The zero-order valence-corrected chi connectivity index (χ0v) is 14.0. The number of carbonyl (C=O) groups is 1. The summed E-state index contributed by atoms with van der Waals surface area (Å²) >= 11 is 4.90. The van der Waals surface area contributed by atoms with E-state index in [1.165, 1.54) is 11.3 Å². The summed E-state index contributed by atoms with van der Waals surface area (Å²) < 4.78 is 6.20. The monoisotopic (exact) mass is 366 g/mol. The van der Waals surface area contributed by atoms with Crippen LogP contribution in [0.2, 0.25) is 0 Å². The van der Waals surface area contributed by atoms with Gasteiger partial charge in [-0.05, 0) is 18.6 Å². The van der Waals surface area contributed by atoms with Crippen LogP contribution in [0.5, 0.6) is 0 Å². The molecule has 0 spiro atoms. The second kappa shape index (κ2) is 6.15. The molecule has 1 saturated heterocycles. The van der Waals surface area contributed by atoms with Crippen molar-refractivity contribution in [3.63, 3.8) is 0 Å². The Hall–Kier alpha value is -1.40. The lowest BCUT2D eigenvalue weighted by molar-refractivity contribution is 0.178. The Kier molecular flexibility index (Phi) is 4.26. The van der Waals surface area contributed by atoms with Gasteiger partial charge in [-0.25, -0.2) is 14.7 Å². The number of rotatable bonds is 4. The number of halogens is 1. The molecule has 0 aliphatic carbocycles. The maximum atomic E-state index is 11.9. The van der Waals surface area contributed by atoms with E-state index in [1.807, 2.05) is 29.6 Å². The van der Waals surface area contributed by atoms with Crippen molar-refractivity contribution < 1.29 is 9.53 Å². The van der Waals surface area contributed by atoms with Crippen LogP contribution in [0, 0.1) is 0 Å². The number of hydrogen-bond acceptors (Lipinski definition) is 4. The molecule has 4 nitrogen and oxygen atoms in total. The van der Waals surface area contributed by atoms with Gasteiger partial charge in [0.15, 0.2) is 5.13 Å². The lowest BCUT2D eigenvalue weighted by Gasteiger charge is -2.17. The van der Waals surface area contributed by atoms with Crippen LogP contribution in [-0.2, 0) is 4.74 Å². The SMILES string of the molecule is CCCC1COC(=O)N1c1nc(-c2ccc(Br)cc2)cs1. The van der Waals surface area contributed by atoms with Crippen LogP contribution >= 0.6 is 27.3 Å². The Morgan fingerprint density at radius 3 is 2.90 bits per heavy atom. The number of carbonyl (C=O) groups excluding carboxylic acids is 1. The minimum atomic E-state index is -0.287. The molecule has 0 saturated carbocycles. The van der Waals surface area contributed by atoms with Crippen molar-refractivity contribution in [2.45, 2.75) is 25.8 Å². The fourth-order valence-electron chi connectivity index (χ4n) is 2.37. The minimum Gasteiger partial charge on any atom is -0.447 e. The highest BCUT2D eigenvalue weighted by Gasteiger charge is 2.35. The molecule has 0 N–H and O–H groups in total. The number of anilines is 1. The molecule has 1 atom stereocenters. The Morgan fingerprint density at radius 2 is 2.19 bits per heavy atom. The van der Waals surface area contributed by atoms with Gasteiger partial charge in [0.1, 0.15) is 6.61 Å². The molecule has 2 heterocycles. The molecular formula is C15H15BrN2O2S. The van der Waals surface area contributed by atoms with Crippen LogP contribution in [0.4, 0.5) is 9.93 Å². The van der Waals surface area contributed by atoms with Crippen molar-refractivity contribution in [3.05, 3.63) is 34.1 Å². The van der Waals surface area contributed by atoms with E-state index in [1.54, 1.807) is 4.90 Å².